The number of halogens is 1. The molecule has 0 aliphatic carbocycles. The molecule has 2 aromatic heterocycles. The molecule has 32 heavy (non-hydrogen) atoms. The predicted octanol–water partition coefficient (Wildman–Crippen LogP) is 7.42. The molecule has 0 saturated heterocycles. The van der Waals surface area contributed by atoms with Crippen molar-refractivity contribution in [2.75, 3.05) is 4.90 Å². The number of nitrogens with zero attached hydrogens (tertiary/aromatic N) is 3. The highest BCUT2D eigenvalue weighted by atomic mass is 19.1. The molecule has 154 valence electrons. The van der Waals surface area contributed by atoms with E-state index in [0.717, 1.165) is 39.6 Å². The first-order valence-electron chi connectivity index (χ1n) is 10.4. The van der Waals surface area contributed by atoms with E-state index in [1.54, 1.807) is 24.5 Å². The molecule has 0 saturated carbocycles. The topological polar surface area (TPSA) is 29.0 Å². The fourth-order valence-electron chi connectivity index (χ4n) is 3.71. The Morgan fingerprint density at radius 2 is 1.03 bits per heavy atom. The van der Waals surface area contributed by atoms with Gasteiger partial charge < -0.3 is 4.90 Å². The van der Waals surface area contributed by atoms with E-state index < -0.39 is 0 Å². The number of hydrogen-bond acceptors (Lipinski definition) is 3. The van der Waals surface area contributed by atoms with Crippen molar-refractivity contribution >= 4 is 17.1 Å². The van der Waals surface area contributed by atoms with E-state index in [-0.39, 0.29) is 5.82 Å². The fraction of sp³-hybridized carbons (Fsp3) is 0. The molecule has 0 aliphatic heterocycles. The summed E-state index contributed by atoms with van der Waals surface area (Å²) in [5.41, 5.74) is 6.59. The van der Waals surface area contributed by atoms with Gasteiger partial charge in [-0.15, -0.1) is 0 Å². The number of benzene rings is 3. The van der Waals surface area contributed by atoms with Gasteiger partial charge in [0.25, 0.3) is 0 Å². The van der Waals surface area contributed by atoms with E-state index in [0.29, 0.717) is 0 Å². The summed E-state index contributed by atoms with van der Waals surface area (Å²) in [7, 11) is 0. The van der Waals surface area contributed by atoms with Crippen molar-refractivity contribution in [3.05, 3.63) is 127 Å². The second-order valence-electron chi connectivity index (χ2n) is 7.34. The van der Waals surface area contributed by atoms with Crippen LogP contribution in [-0.4, -0.2) is 9.97 Å². The van der Waals surface area contributed by atoms with Gasteiger partial charge in [0.2, 0.25) is 0 Å². The quantitative estimate of drug-likeness (QED) is 0.298. The Bertz CT molecular complexity index is 1240. The van der Waals surface area contributed by atoms with Crippen LogP contribution in [0.25, 0.3) is 22.5 Å². The Hall–Kier alpha value is -4.31. The van der Waals surface area contributed by atoms with Gasteiger partial charge in [-0.1, -0.05) is 36.4 Å². The lowest BCUT2D eigenvalue weighted by Gasteiger charge is -2.26. The van der Waals surface area contributed by atoms with E-state index in [9.17, 15) is 4.39 Å². The van der Waals surface area contributed by atoms with Crippen LogP contribution in [0.2, 0.25) is 0 Å². The Kier molecular flexibility index (Phi) is 5.41. The van der Waals surface area contributed by atoms with Gasteiger partial charge in [0.05, 0.1) is 11.4 Å². The number of aromatic nitrogens is 2. The average molecular weight is 417 g/mol. The van der Waals surface area contributed by atoms with Crippen molar-refractivity contribution in [3.63, 3.8) is 0 Å². The first kappa shape index (κ1) is 19.6. The molecule has 0 N–H and O–H groups in total. The number of anilines is 3. The maximum atomic E-state index is 13.7. The lowest BCUT2D eigenvalue weighted by atomic mass is 10.1. The third-order valence-corrected chi connectivity index (χ3v) is 5.21. The normalized spacial score (nSPS) is 10.7. The van der Waals surface area contributed by atoms with Gasteiger partial charge in [0.15, 0.2) is 0 Å². The number of rotatable bonds is 5. The van der Waals surface area contributed by atoms with Crippen LogP contribution in [0, 0.1) is 5.82 Å². The molecule has 5 aromatic rings. The maximum absolute atomic E-state index is 13.7. The number of pyridine rings is 2. The lowest BCUT2D eigenvalue weighted by Crippen LogP contribution is -2.10. The molecule has 4 heteroatoms. The largest absolute Gasteiger partial charge is 0.310 e. The Labute approximate surface area is 186 Å². The minimum Gasteiger partial charge on any atom is -0.310 e. The average Bonchev–Trinajstić information content (AvgIpc) is 2.87. The number of hydrogen-bond donors (Lipinski definition) is 0. The molecule has 3 aromatic carbocycles. The van der Waals surface area contributed by atoms with Gasteiger partial charge in [0, 0.05) is 40.6 Å². The summed E-state index contributed by atoms with van der Waals surface area (Å²) in [6.07, 6.45) is 3.58. The molecular formula is C28H20FN3. The second-order valence-corrected chi connectivity index (χ2v) is 7.34. The van der Waals surface area contributed by atoms with Crippen molar-refractivity contribution in [1.82, 2.24) is 9.97 Å². The molecule has 2 heterocycles. The SMILES string of the molecule is Fc1ccc(N(c2cccc(-c3ccccn3)c2)c2cccc(-c3ccccn3)c2)cc1. The highest BCUT2D eigenvalue weighted by molar-refractivity contribution is 5.81. The van der Waals surface area contributed by atoms with Crippen LogP contribution < -0.4 is 4.90 Å². The maximum Gasteiger partial charge on any atom is 0.123 e. The first-order chi connectivity index (χ1) is 15.8. The molecule has 3 nitrogen and oxygen atoms in total. The zero-order valence-electron chi connectivity index (χ0n) is 17.3. The standard InChI is InChI=1S/C28H20FN3/c29-23-13-15-24(16-14-23)32(25-9-5-7-21(19-25)27-11-1-3-17-30-27)26-10-6-8-22(20-26)28-12-2-4-18-31-28/h1-20H. The predicted molar refractivity (Wildman–Crippen MR) is 128 cm³/mol. The summed E-state index contributed by atoms with van der Waals surface area (Å²) >= 11 is 0. The van der Waals surface area contributed by atoms with Crippen LogP contribution in [0.4, 0.5) is 21.5 Å². The van der Waals surface area contributed by atoms with Crippen LogP contribution in [0.1, 0.15) is 0 Å². The van der Waals surface area contributed by atoms with E-state index >= 15 is 0 Å². The molecule has 0 amide bonds. The smallest absolute Gasteiger partial charge is 0.123 e. The van der Waals surface area contributed by atoms with E-state index in [2.05, 4.69) is 27.0 Å². The summed E-state index contributed by atoms with van der Waals surface area (Å²) in [5, 5.41) is 0. The summed E-state index contributed by atoms with van der Waals surface area (Å²) in [6.45, 7) is 0. The van der Waals surface area contributed by atoms with Crippen molar-refractivity contribution in [1.29, 1.82) is 0 Å². The van der Waals surface area contributed by atoms with Crippen molar-refractivity contribution in [2.24, 2.45) is 0 Å². The van der Waals surface area contributed by atoms with E-state index in [4.69, 9.17) is 0 Å². The molecule has 5 rings (SSSR count). The van der Waals surface area contributed by atoms with Crippen LogP contribution in [0.3, 0.4) is 0 Å². The molecule has 0 radical (unpaired) electrons. The van der Waals surface area contributed by atoms with Crippen molar-refractivity contribution in [2.45, 2.75) is 0 Å². The van der Waals surface area contributed by atoms with Crippen LogP contribution in [0.15, 0.2) is 122 Å². The van der Waals surface area contributed by atoms with Gasteiger partial charge in [-0.05, 0) is 72.8 Å². The van der Waals surface area contributed by atoms with Crippen LogP contribution in [0.5, 0.6) is 0 Å². The van der Waals surface area contributed by atoms with Crippen LogP contribution >= 0.6 is 0 Å². The van der Waals surface area contributed by atoms with Crippen LogP contribution in [-0.2, 0) is 0 Å². The zero-order chi connectivity index (χ0) is 21.8. The van der Waals surface area contributed by atoms with E-state index in [1.165, 1.54) is 12.1 Å². The lowest BCUT2D eigenvalue weighted by molar-refractivity contribution is 0.628. The summed E-state index contributed by atoms with van der Waals surface area (Å²) in [6, 6.07) is 34.7. The van der Waals surface area contributed by atoms with Gasteiger partial charge in [-0.3, -0.25) is 9.97 Å². The zero-order valence-corrected chi connectivity index (χ0v) is 17.3. The molecule has 0 spiro atoms. The fourth-order valence-corrected chi connectivity index (χ4v) is 3.71. The molecular weight excluding hydrogens is 397 g/mol. The third-order valence-electron chi connectivity index (χ3n) is 5.21. The Morgan fingerprint density at radius 1 is 0.500 bits per heavy atom. The second kappa shape index (κ2) is 8.82. The minimum absolute atomic E-state index is 0.266. The molecule has 0 atom stereocenters. The van der Waals surface area contributed by atoms with Gasteiger partial charge in [-0.2, -0.15) is 0 Å². The van der Waals surface area contributed by atoms with Gasteiger partial charge in [0.1, 0.15) is 5.82 Å². The monoisotopic (exact) mass is 417 g/mol. The highest BCUT2D eigenvalue weighted by Gasteiger charge is 2.15. The molecule has 0 aliphatic rings. The highest BCUT2D eigenvalue weighted by Crippen LogP contribution is 2.37. The van der Waals surface area contributed by atoms with Gasteiger partial charge >= 0.3 is 0 Å². The minimum atomic E-state index is -0.266. The summed E-state index contributed by atoms with van der Waals surface area (Å²) in [4.78, 5) is 11.1. The molecule has 0 unspecified atom stereocenters. The Balaban J connectivity index is 1.64. The van der Waals surface area contributed by atoms with Gasteiger partial charge in [-0.25, -0.2) is 4.39 Å². The summed E-state index contributed by atoms with van der Waals surface area (Å²) in [5.74, 6) is -0.266. The summed E-state index contributed by atoms with van der Waals surface area (Å²) < 4.78 is 13.7. The van der Waals surface area contributed by atoms with E-state index in [1.807, 2.05) is 72.8 Å². The Morgan fingerprint density at radius 3 is 1.50 bits per heavy atom. The van der Waals surface area contributed by atoms with Crippen molar-refractivity contribution < 1.29 is 4.39 Å². The third kappa shape index (κ3) is 4.12. The van der Waals surface area contributed by atoms with Crippen molar-refractivity contribution in [3.8, 4) is 22.5 Å². The first-order valence-corrected chi connectivity index (χ1v) is 10.4. The molecule has 0 fully saturated rings. The molecule has 0 bridgehead atoms.